The third-order valence-electron chi connectivity index (χ3n) is 4.11. The smallest absolute Gasteiger partial charge is 0.356 e. The molecule has 1 aliphatic carbocycles. The van der Waals surface area contributed by atoms with Gasteiger partial charge in [-0.05, 0) is 25.0 Å². The van der Waals surface area contributed by atoms with Gasteiger partial charge in [0.2, 0.25) is 0 Å². The van der Waals surface area contributed by atoms with Crippen LogP contribution in [0.2, 0.25) is 0 Å². The zero-order chi connectivity index (χ0) is 13.9. The number of fused-ring (bicyclic) bond motifs is 1. The Morgan fingerprint density at radius 1 is 1.25 bits per heavy atom. The third kappa shape index (κ3) is 2.28. The normalized spacial score (nSPS) is 17.1. The molecule has 0 aromatic carbocycles. The maximum Gasteiger partial charge on any atom is 0.356 e. The lowest BCUT2D eigenvalue weighted by Gasteiger charge is -2.10. The van der Waals surface area contributed by atoms with Crippen LogP contribution in [0.3, 0.4) is 0 Å². The summed E-state index contributed by atoms with van der Waals surface area (Å²) in [6.45, 7) is 0. The van der Waals surface area contributed by atoms with Gasteiger partial charge in [0.05, 0.1) is 18.3 Å². The van der Waals surface area contributed by atoms with E-state index in [2.05, 4.69) is 10.3 Å². The van der Waals surface area contributed by atoms with Crippen molar-refractivity contribution in [3.8, 4) is 0 Å². The molecule has 0 saturated heterocycles. The Morgan fingerprint density at radius 3 is 2.70 bits per heavy atom. The van der Waals surface area contributed by atoms with Gasteiger partial charge in [-0.25, -0.2) is 9.31 Å². The quantitative estimate of drug-likeness (QED) is 0.623. The summed E-state index contributed by atoms with van der Waals surface area (Å²) < 4.78 is 6.39. The molecule has 0 aliphatic heterocycles. The lowest BCUT2D eigenvalue weighted by Crippen LogP contribution is -2.08. The van der Waals surface area contributed by atoms with Crippen molar-refractivity contribution in [3.05, 3.63) is 29.6 Å². The number of carbonyl (C=O) groups is 1. The van der Waals surface area contributed by atoms with Gasteiger partial charge in [0, 0.05) is 5.92 Å². The molecule has 0 bridgehead atoms. The minimum absolute atomic E-state index is 0.382. The van der Waals surface area contributed by atoms with E-state index in [1.165, 1.54) is 32.8 Å². The highest BCUT2D eigenvalue weighted by atomic mass is 16.5. The van der Waals surface area contributed by atoms with Gasteiger partial charge in [-0.1, -0.05) is 37.0 Å². The van der Waals surface area contributed by atoms with Gasteiger partial charge >= 0.3 is 5.97 Å². The maximum absolute atomic E-state index is 11.8. The van der Waals surface area contributed by atoms with Crippen molar-refractivity contribution in [2.45, 2.75) is 44.4 Å². The minimum Gasteiger partial charge on any atom is -0.464 e. The van der Waals surface area contributed by atoms with Crippen LogP contribution in [0.5, 0.6) is 0 Å². The van der Waals surface area contributed by atoms with Crippen LogP contribution >= 0.6 is 0 Å². The molecule has 1 aliphatic rings. The first kappa shape index (κ1) is 13.1. The fourth-order valence-corrected chi connectivity index (χ4v) is 3.04. The number of esters is 1. The highest BCUT2D eigenvalue weighted by molar-refractivity contribution is 5.88. The lowest BCUT2D eigenvalue weighted by molar-refractivity contribution is 0.0590. The molecule has 106 valence electrons. The molecule has 1 saturated carbocycles. The SMILES string of the molecule is COC(=O)c1cccc2c(C3CCCCCC3)nnn12. The molecule has 0 atom stereocenters. The second-order valence-corrected chi connectivity index (χ2v) is 5.36. The van der Waals surface area contributed by atoms with Crippen LogP contribution in [-0.2, 0) is 4.74 Å². The predicted molar refractivity (Wildman–Crippen MR) is 74.8 cm³/mol. The first-order chi connectivity index (χ1) is 9.81. The Labute approximate surface area is 117 Å². The van der Waals surface area contributed by atoms with Crippen LogP contribution in [0.15, 0.2) is 18.2 Å². The molecular weight excluding hydrogens is 254 g/mol. The van der Waals surface area contributed by atoms with Crippen molar-refractivity contribution in [1.82, 2.24) is 14.8 Å². The molecule has 0 radical (unpaired) electrons. The monoisotopic (exact) mass is 273 g/mol. The number of carbonyl (C=O) groups excluding carboxylic acids is 1. The summed E-state index contributed by atoms with van der Waals surface area (Å²) in [7, 11) is 1.38. The van der Waals surface area contributed by atoms with Crippen molar-refractivity contribution in [2.24, 2.45) is 0 Å². The van der Waals surface area contributed by atoms with Crippen LogP contribution in [0, 0.1) is 0 Å². The summed E-state index contributed by atoms with van der Waals surface area (Å²) in [4.78, 5) is 11.8. The van der Waals surface area contributed by atoms with Crippen LogP contribution in [-0.4, -0.2) is 27.9 Å². The molecule has 5 nitrogen and oxygen atoms in total. The summed E-state index contributed by atoms with van der Waals surface area (Å²) in [6.07, 6.45) is 7.45. The Balaban J connectivity index is 2.02. The first-order valence-corrected chi connectivity index (χ1v) is 7.24. The van der Waals surface area contributed by atoms with Gasteiger partial charge < -0.3 is 4.74 Å². The van der Waals surface area contributed by atoms with Gasteiger partial charge in [-0.15, -0.1) is 5.10 Å². The van der Waals surface area contributed by atoms with Gasteiger partial charge in [-0.3, -0.25) is 0 Å². The second kappa shape index (κ2) is 5.61. The molecule has 0 spiro atoms. The number of ether oxygens (including phenoxy) is 1. The Kier molecular flexibility index (Phi) is 3.67. The van der Waals surface area contributed by atoms with E-state index in [1.54, 1.807) is 10.6 Å². The molecule has 2 aromatic rings. The van der Waals surface area contributed by atoms with Gasteiger partial charge in [0.15, 0.2) is 5.69 Å². The molecule has 3 rings (SSSR count). The summed E-state index contributed by atoms with van der Waals surface area (Å²) >= 11 is 0. The molecule has 5 heteroatoms. The Morgan fingerprint density at radius 2 is 2.00 bits per heavy atom. The predicted octanol–water partition coefficient (Wildman–Crippen LogP) is 2.95. The highest BCUT2D eigenvalue weighted by Crippen LogP contribution is 2.32. The van der Waals surface area contributed by atoms with Crippen LogP contribution < -0.4 is 0 Å². The van der Waals surface area contributed by atoms with Crippen LogP contribution in [0.4, 0.5) is 0 Å². The van der Waals surface area contributed by atoms with Crippen LogP contribution in [0.1, 0.15) is 60.6 Å². The van der Waals surface area contributed by atoms with Crippen molar-refractivity contribution in [3.63, 3.8) is 0 Å². The van der Waals surface area contributed by atoms with Gasteiger partial charge in [0.1, 0.15) is 0 Å². The number of aromatic nitrogens is 3. The van der Waals surface area contributed by atoms with Crippen molar-refractivity contribution in [2.75, 3.05) is 7.11 Å². The Hall–Kier alpha value is -1.91. The average Bonchev–Trinajstić information content (AvgIpc) is 2.73. The molecule has 20 heavy (non-hydrogen) atoms. The lowest BCUT2D eigenvalue weighted by atomic mass is 9.96. The van der Waals surface area contributed by atoms with E-state index in [0.717, 1.165) is 24.1 Å². The van der Waals surface area contributed by atoms with E-state index in [9.17, 15) is 4.79 Å². The summed E-state index contributed by atoms with van der Waals surface area (Å²) in [5, 5.41) is 8.50. The summed E-state index contributed by atoms with van der Waals surface area (Å²) in [5.41, 5.74) is 2.38. The number of hydrogen-bond acceptors (Lipinski definition) is 4. The largest absolute Gasteiger partial charge is 0.464 e. The zero-order valence-corrected chi connectivity index (χ0v) is 11.7. The molecule has 0 N–H and O–H groups in total. The van der Waals surface area contributed by atoms with Gasteiger partial charge in [-0.2, -0.15) is 0 Å². The first-order valence-electron chi connectivity index (χ1n) is 7.24. The van der Waals surface area contributed by atoms with E-state index in [0.29, 0.717) is 11.6 Å². The average molecular weight is 273 g/mol. The van der Waals surface area contributed by atoms with Crippen molar-refractivity contribution < 1.29 is 9.53 Å². The summed E-state index contributed by atoms with van der Waals surface area (Å²) in [5.74, 6) is 0.0795. The van der Waals surface area contributed by atoms with Crippen molar-refractivity contribution in [1.29, 1.82) is 0 Å². The minimum atomic E-state index is -0.382. The van der Waals surface area contributed by atoms with Gasteiger partial charge in [0.25, 0.3) is 0 Å². The number of rotatable bonds is 2. The van der Waals surface area contributed by atoms with Crippen molar-refractivity contribution >= 4 is 11.5 Å². The van der Waals surface area contributed by atoms with E-state index in [-0.39, 0.29) is 5.97 Å². The fraction of sp³-hybridized carbons (Fsp3) is 0.533. The Bertz CT molecular complexity index is 613. The van der Waals surface area contributed by atoms with E-state index in [1.807, 2.05) is 12.1 Å². The third-order valence-corrected chi connectivity index (χ3v) is 4.11. The summed E-state index contributed by atoms with van der Waals surface area (Å²) in [6, 6.07) is 5.56. The molecule has 0 amide bonds. The molecule has 2 heterocycles. The number of methoxy groups -OCH3 is 1. The highest BCUT2D eigenvalue weighted by Gasteiger charge is 2.22. The fourth-order valence-electron chi connectivity index (χ4n) is 3.04. The molecular formula is C15H19N3O2. The number of hydrogen-bond donors (Lipinski definition) is 0. The zero-order valence-electron chi connectivity index (χ0n) is 11.7. The number of nitrogens with zero attached hydrogens (tertiary/aromatic N) is 3. The second-order valence-electron chi connectivity index (χ2n) is 5.36. The standard InChI is InChI=1S/C15H19N3O2/c1-20-15(19)13-10-6-9-12-14(16-17-18(12)13)11-7-4-2-3-5-8-11/h6,9-11H,2-5,7-8H2,1H3. The van der Waals surface area contributed by atoms with E-state index < -0.39 is 0 Å². The topological polar surface area (TPSA) is 56.5 Å². The van der Waals surface area contributed by atoms with E-state index in [4.69, 9.17) is 4.74 Å². The van der Waals surface area contributed by atoms with Crippen LogP contribution in [0.25, 0.3) is 5.52 Å². The maximum atomic E-state index is 11.8. The van der Waals surface area contributed by atoms with E-state index >= 15 is 0 Å². The number of pyridine rings is 1. The molecule has 0 unspecified atom stereocenters. The molecule has 2 aromatic heterocycles. The molecule has 1 fully saturated rings.